The molecule has 2 N–H and O–H groups in total. The fourth-order valence-electron chi connectivity index (χ4n) is 0.478. The molecule has 0 aromatic carbocycles. The molecule has 0 bridgehead atoms. The summed E-state index contributed by atoms with van der Waals surface area (Å²) >= 11 is 0. The third kappa shape index (κ3) is 10.0. The first-order chi connectivity index (χ1) is 12.4. The Kier molecular flexibility index (Phi) is 11.3. The van der Waals surface area contributed by atoms with Crippen molar-refractivity contribution in [3.63, 3.8) is 0 Å². The van der Waals surface area contributed by atoms with E-state index in [0.717, 1.165) is 0 Å². The van der Waals surface area contributed by atoms with Crippen LogP contribution >= 0.6 is 0 Å². The van der Waals surface area contributed by atoms with Crippen molar-refractivity contribution in [3.05, 3.63) is 0 Å². The van der Waals surface area contributed by atoms with Gasteiger partial charge in [-0.25, -0.2) is 33.7 Å². The minimum Gasteiger partial charge on any atom is -0.202 e. The Bertz CT molecular complexity index is 862. The first-order valence-electron chi connectivity index (χ1n) is 5.23. The molecule has 0 saturated heterocycles. The van der Waals surface area contributed by atoms with Gasteiger partial charge >= 0.3 is 86.0 Å². The zero-order chi connectivity index (χ0) is 25.4. The molecule has 0 aliphatic carbocycles. The molecule has 0 aromatic rings. The molecule has 0 unspecified atom stereocenters. The first kappa shape index (κ1) is 35.3. The summed E-state index contributed by atoms with van der Waals surface area (Å²) in [5.74, 6) is 0. The van der Waals surface area contributed by atoms with Gasteiger partial charge in [-0.1, -0.05) is 8.25 Å². The van der Waals surface area contributed by atoms with Gasteiger partial charge in [-0.2, -0.15) is 52.7 Å². The van der Waals surface area contributed by atoms with Crippen molar-refractivity contribution in [2.75, 3.05) is 0 Å². The van der Waals surface area contributed by atoms with Gasteiger partial charge in [0.15, 0.2) is 0 Å². The Morgan fingerprint density at radius 3 is 0.516 bits per heavy atom. The van der Waals surface area contributed by atoms with E-state index in [-0.39, 0.29) is 23.9 Å². The fourth-order valence-corrected chi connectivity index (χ4v) is 4.30. The number of hydrogen-bond donors (Lipinski definition) is 2. The van der Waals surface area contributed by atoms with E-state index in [1.165, 1.54) is 0 Å². The monoisotopic (exact) mass is 682 g/mol. The van der Waals surface area contributed by atoms with Gasteiger partial charge < -0.3 is 0 Å². The molecule has 0 heterocycles. The fraction of sp³-hybridized carbons (Fsp3) is 1.00. The van der Waals surface area contributed by atoms with Crippen LogP contribution in [0.2, 0.25) is 0 Å². The summed E-state index contributed by atoms with van der Waals surface area (Å²) in [6, 6.07) is 0. The Morgan fingerprint density at radius 1 is 0.355 bits per heavy atom. The summed E-state index contributed by atoms with van der Waals surface area (Å²) in [6.45, 7) is 0. The van der Waals surface area contributed by atoms with Crippen LogP contribution in [0, 0.1) is 0 Å². The van der Waals surface area contributed by atoms with E-state index >= 15 is 0 Å². The van der Waals surface area contributed by atoms with E-state index in [9.17, 15) is 86.4 Å². The number of nitrogens with one attached hydrogen (secondary N) is 2. The van der Waals surface area contributed by atoms with Crippen LogP contribution in [0.5, 0.6) is 0 Å². The normalized spacial score (nSPS) is 14.8. The van der Waals surface area contributed by atoms with E-state index < -0.39 is 70.4 Å². The van der Waals surface area contributed by atoms with Gasteiger partial charge in [-0.15, -0.1) is 0 Å². The van der Waals surface area contributed by atoms with Gasteiger partial charge in [0.05, 0.1) is 0 Å². The molecule has 0 saturated carbocycles. The maximum atomic E-state index is 11.5. The number of hydrogen-bond acceptors (Lipinski definition) is 8. The van der Waals surface area contributed by atoms with Gasteiger partial charge in [-0.05, 0) is 0 Å². The summed E-state index contributed by atoms with van der Waals surface area (Å²) in [6.07, 6.45) is 0. The maximum absolute atomic E-state index is 11.5. The van der Waals surface area contributed by atoms with Gasteiger partial charge in [0.25, 0.3) is 0 Å². The minimum absolute atomic E-state index is 0. The third-order valence-electron chi connectivity index (χ3n) is 1.66. The molecule has 184 valence electrons. The molecule has 0 atom stereocenters. The van der Waals surface area contributed by atoms with Crippen LogP contribution in [0.15, 0.2) is 0 Å². The van der Waals surface area contributed by atoms with E-state index in [1.807, 2.05) is 0 Å². The van der Waals surface area contributed by atoms with Gasteiger partial charge in [0.1, 0.15) is 0 Å². The second-order valence-electron chi connectivity index (χ2n) is 3.96. The van der Waals surface area contributed by atoms with Crippen molar-refractivity contribution in [2.45, 2.75) is 22.0 Å². The number of halogens is 12. The molecule has 0 aromatic heterocycles. The largest absolute Gasteiger partial charge is 4.00 e. The summed E-state index contributed by atoms with van der Waals surface area (Å²) in [7, 11) is -26.4. The van der Waals surface area contributed by atoms with Crippen LogP contribution in [0.3, 0.4) is 0 Å². The molecule has 0 aliphatic heterocycles. The van der Waals surface area contributed by atoms with Crippen molar-refractivity contribution >= 4 is 64.0 Å². The molecular weight excluding hydrogens is 679 g/mol. The quantitative estimate of drug-likeness (QED) is 0.314. The van der Waals surface area contributed by atoms with Crippen molar-refractivity contribution in [3.8, 4) is 0 Å². The van der Waals surface area contributed by atoms with Crippen molar-refractivity contribution in [1.82, 2.24) is 8.25 Å². The molecule has 0 spiro atoms. The molecule has 0 aliphatic rings. The predicted octanol–water partition coefficient (Wildman–Crippen LogP) is 0.170. The molecule has 0 fully saturated rings. The molecule has 31 heavy (non-hydrogen) atoms. The van der Waals surface area contributed by atoms with Crippen LogP contribution in [0.1, 0.15) is 0 Å². The Hall–Kier alpha value is -0.321. The Morgan fingerprint density at radius 2 is 0.452 bits per heavy atom. The van der Waals surface area contributed by atoms with Crippen molar-refractivity contribution in [2.24, 2.45) is 0 Å². The molecule has 10 nitrogen and oxygen atoms in total. The second kappa shape index (κ2) is 9.89. The summed E-state index contributed by atoms with van der Waals surface area (Å²) in [4.78, 5) is 0. The number of rotatable bonds is 4. The maximum Gasteiger partial charge on any atom is 4.00 e. The zero-order valence-electron chi connectivity index (χ0n) is 12.9. The van der Waals surface area contributed by atoms with E-state index in [4.69, 9.17) is 0 Å². The molecule has 0 amide bonds. The average Bonchev–Trinajstić information content (AvgIpc) is 2.30. The van der Waals surface area contributed by atoms with Crippen LogP contribution in [0.25, 0.3) is 0 Å². The Balaban J connectivity index is -0.000000490. The average molecular weight is 681 g/mol. The van der Waals surface area contributed by atoms with E-state index in [2.05, 4.69) is 0 Å². The summed E-state index contributed by atoms with van der Waals surface area (Å²) < 4.78 is 217. The predicted molar refractivity (Wildman–Crippen MR) is 71.9 cm³/mol. The molecule has 27 heteroatoms. The first-order valence-corrected chi connectivity index (χ1v) is 11.2. The van der Waals surface area contributed by atoms with Crippen LogP contribution in [-0.4, -0.2) is 79.6 Å². The van der Waals surface area contributed by atoms with Crippen LogP contribution in [0.4, 0.5) is 52.7 Å². The van der Waals surface area contributed by atoms with E-state index in [0.29, 0.717) is 0 Å². The SMILES string of the molecule is O=S(=O)(NS(=O)(=O)C(F)(F)F)C(F)(F)F.O=S(=O)(NS(=O)(=O)C(F)(F)F)C(F)(F)F.[Sn+4]. The minimum atomic E-state index is -6.60. The van der Waals surface area contributed by atoms with Crippen molar-refractivity contribution < 1.29 is 86.4 Å². The zero-order valence-corrected chi connectivity index (χ0v) is 19.1. The van der Waals surface area contributed by atoms with Gasteiger partial charge in [0.2, 0.25) is 0 Å². The van der Waals surface area contributed by atoms with Gasteiger partial charge in [-0.3, -0.25) is 0 Å². The van der Waals surface area contributed by atoms with Gasteiger partial charge in [0, 0.05) is 0 Å². The molecule has 0 rings (SSSR count). The second-order valence-corrected chi connectivity index (χ2v) is 11.2. The van der Waals surface area contributed by atoms with E-state index in [1.54, 1.807) is 0 Å². The third-order valence-corrected chi connectivity index (χ3v) is 7.61. The van der Waals surface area contributed by atoms with Crippen LogP contribution < -0.4 is 8.25 Å². The summed E-state index contributed by atoms with van der Waals surface area (Å²) in [5.41, 5.74) is -24.6. The van der Waals surface area contributed by atoms with Crippen molar-refractivity contribution in [1.29, 1.82) is 0 Å². The standard InChI is InChI=1S/2C2HF6NO4S2.Sn/c2*3-1(4,5)14(10,11)9-15(12,13)2(6,7)8;/h2*9H;/q;;+4. The number of sulfonamides is 4. The number of alkyl halides is 12. The van der Waals surface area contributed by atoms with Crippen LogP contribution in [-0.2, 0) is 40.1 Å². The molecular formula is C4H2F12N2O8S4Sn+4. The molecule has 0 radical (unpaired) electrons. The summed E-state index contributed by atoms with van der Waals surface area (Å²) in [5, 5.41) is 0. The Labute approximate surface area is 180 Å². The topological polar surface area (TPSA) is 161 Å². The smallest absolute Gasteiger partial charge is 0.202 e.